The van der Waals surface area contributed by atoms with E-state index < -0.39 is 0 Å². The Morgan fingerprint density at radius 1 is 1.41 bits per heavy atom. The van der Waals surface area contributed by atoms with E-state index in [0.29, 0.717) is 5.41 Å². The Morgan fingerprint density at radius 2 is 2.23 bits per heavy atom. The first kappa shape index (κ1) is 14.1. The van der Waals surface area contributed by atoms with Crippen molar-refractivity contribution >= 4 is 27.2 Å². The Kier molecular flexibility index (Phi) is 3.05. The maximum absolute atomic E-state index is 4.62. The lowest BCUT2D eigenvalue weighted by Crippen LogP contribution is -2.28. The van der Waals surface area contributed by atoms with Crippen molar-refractivity contribution in [1.82, 2.24) is 19.6 Å². The van der Waals surface area contributed by atoms with Gasteiger partial charge in [0, 0.05) is 4.88 Å². The largest absolute Gasteiger partial charge is 0.225 e. The minimum Gasteiger partial charge on any atom is -0.225 e. The number of thiophene rings is 1. The first-order valence-electron chi connectivity index (χ1n) is 8.12. The van der Waals surface area contributed by atoms with Crippen LogP contribution in [0.25, 0.3) is 15.9 Å². The number of aromatic nitrogens is 4. The second-order valence-corrected chi connectivity index (χ2v) is 8.22. The highest BCUT2D eigenvalue weighted by Gasteiger charge is 2.33. The zero-order valence-electron chi connectivity index (χ0n) is 13.7. The van der Waals surface area contributed by atoms with Gasteiger partial charge in [0.1, 0.15) is 17.0 Å². The van der Waals surface area contributed by atoms with Crippen LogP contribution >= 0.6 is 11.3 Å². The summed E-state index contributed by atoms with van der Waals surface area (Å²) >= 11 is 1.86. The molecule has 3 aromatic rings. The average molecular weight is 314 g/mol. The van der Waals surface area contributed by atoms with E-state index in [1.165, 1.54) is 35.1 Å². The molecular formula is C17H22N4S. The van der Waals surface area contributed by atoms with Gasteiger partial charge in [-0.2, -0.15) is 5.10 Å². The standard InChI is InChI=1S/C17H22N4S/c1-5-17(3,4)11-6-7-12-13(8-11)22-16-14(12)15-19-10(2)20-21(15)9-18-16/h9,11H,5-8H2,1-4H3. The van der Waals surface area contributed by atoms with Crippen molar-refractivity contribution < 1.29 is 0 Å². The van der Waals surface area contributed by atoms with E-state index in [-0.39, 0.29) is 0 Å². The van der Waals surface area contributed by atoms with Crippen molar-refractivity contribution in [1.29, 1.82) is 0 Å². The first-order chi connectivity index (χ1) is 10.5. The molecule has 0 aromatic carbocycles. The van der Waals surface area contributed by atoms with E-state index in [2.05, 4.69) is 35.8 Å². The van der Waals surface area contributed by atoms with Crippen LogP contribution in [0.1, 0.15) is 49.9 Å². The Hall–Kier alpha value is -1.49. The number of nitrogens with zero attached hydrogens (tertiary/aromatic N) is 4. The summed E-state index contributed by atoms with van der Waals surface area (Å²) in [6.07, 6.45) is 6.65. The predicted molar refractivity (Wildman–Crippen MR) is 90.5 cm³/mol. The summed E-state index contributed by atoms with van der Waals surface area (Å²) < 4.78 is 1.83. The molecular weight excluding hydrogens is 292 g/mol. The van der Waals surface area contributed by atoms with Crippen LogP contribution in [0.15, 0.2) is 6.33 Å². The van der Waals surface area contributed by atoms with Crippen LogP contribution in [0.4, 0.5) is 0 Å². The maximum Gasteiger partial charge on any atom is 0.167 e. The molecule has 1 aliphatic rings. The van der Waals surface area contributed by atoms with Gasteiger partial charge in [0.05, 0.1) is 5.39 Å². The van der Waals surface area contributed by atoms with E-state index >= 15 is 0 Å². The van der Waals surface area contributed by atoms with Gasteiger partial charge in [-0.3, -0.25) is 0 Å². The van der Waals surface area contributed by atoms with Gasteiger partial charge in [-0.25, -0.2) is 14.5 Å². The highest BCUT2D eigenvalue weighted by molar-refractivity contribution is 7.19. The molecule has 4 nitrogen and oxygen atoms in total. The van der Waals surface area contributed by atoms with Crippen molar-refractivity contribution in [2.45, 2.75) is 53.4 Å². The smallest absolute Gasteiger partial charge is 0.167 e. The normalized spacial score (nSPS) is 19.0. The van der Waals surface area contributed by atoms with Gasteiger partial charge in [-0.1, -0.05) is 27.2 Å². The van der Waals surface area contributed by atoms with Gasteiger partial charge in [-0.15, -0.1) is 11.3 Å². The number of rotatable bonds is 2. The Bertz CT molecular complexity index is 858. The quantitative estimate of drug-likeness (QED) is 0.712. The minimum absolute atomic E-state index is 0.419. The molecule has 0 saturated carbocycles. The molecule has 3 aromatic heterocycles. The molecule has 1 atom stereocenters. The van der Waals surface area contributed by atoms with Crippen LogP contribution in [-0.2, 0) is 12.8 Å². The van der Waals surface area contributed by atoms with Crippen molar-refractivity contribution in [3.8, 4) is 0 Å². The van der Waals surface area contributed by atoms with Gasteiger partial charge in [-0.05, 0) is 43.1 Å². The van der Waals surface area contributed by atoms with E-state index in [1.807, 2.05) is 22.8 Å². The molecule has 0 saturated heterocycles. The summed E-state index contributed by atoms with van der Waals surface area (Å²) in [7, 11) is 0. The molecule has 0 radical (unpaired) electrons. The summed E-state index contributed by atoms with van der Waals surface area (Å²) in [6.45, 7) is 9.07. The van der Waals surface area contributed by atoms with Gasteiger partial charge in [0.15, 0.2) is 5.65 Å². The fourth-order valence-electron chi connectivity index (χ4n) is 3.64. The molecule has 0 N–H and O–H groups in total. The van der Waals surface area contributed by atoms with Crippen molar-refractivity contribution in [2.75, 3.05) is 0 Å². The molecule has 0 fully saturated rings. The number of hydrogen-bond donors (Lipinski definition) is 0. The third-order valence-electron chi connectivity index (χ3n) is 5.51. The van der Waals surface area contributed by atoms with E-state index in [0.717, 1.165) is 28.6 Å². The molecule has 5 heteroatoms. The number of fused-ring (bicyclic) bond motifs is 5. The maximum atomic E-state index is 4.62. The molecule has 0 amide bonds. The fourth-order valence-corrected chi connectivity index (χ4v) is 4.90. The third kappa shape index (κ3) is 1.98. The van der Waals surface area contributed by atoms with Gasteiger partial charge in [0.25, 0.3) is 0 Å². The lowest BCUT2D eigenvalue weighted by atomic mass is 9.70. The van der Waals surface area contributed by atoms with E-state index in [9.17, 15) is 0 Å². The second-order valence-electron chi connectivity index (χ2n) is 7.14. The van der Waals surface area contributed by atoms with Crippen LogP contribution in [-0.4, -0.2) is 19.6 Å². The van der Waals surface area contributed by atoms with Crippen LogP contribution in [0, 0.1) is 18.3 Å². The minimum atomic E-state index is 0.419. The van der Waals surface area contributed by atoms with E-state index in [4.69, 9.17) is 0 Å². The van der Waals surface area contributed by atoms with Crippen LogP contribution in [0.5, 0.6) is 0 Å². The molecule has 1 aliphatic carbocycles. The first-order valence-corrected chi connectivity index (χ1v) is 8.93. The molecule has 4 rings (SSSR count). The highest BCUT2D eigenvalue weighted by Crippen LogP contribution is 2.44. The summed E-state index contributed by atoms with van der Waals surface area (Å²) in [5.41, 5.74) is 2.88. The van der Waals surface area contributed by atoms with Crippen molar-refractivity contribution in [2.24, 2.45) is 11.3 Å². The molecule has 22 heavy (non-hydrogen) atoms. The number of aryl methyl sites for hydroxylation is 2. The lowest BCUT2D eigenvalue weighted by molar-refractivity contribution is 0.184. The van der Waals surface area contributed by atoms with Gasteiger partial charge in [0.2, 0.25) is 0 Å². The second kappa shape index (κ2) is 4.75. The lowest BCUT2D eigenvalue weighted by Gasteiger charge is -2.36. The Labute approximate surface area is 134 Å². The monoisotopic (exact) mass is 314 g/mol. The Balaban J connectivity index is 1.86. The molecule has 0 spiro atoms. The van der Waals surface area contributed by atoms with Crippen LogP contribution < -0.4 is 0 Å². The molecule has 0 aliphatic heterocycles. The Morgan fingerprint density at radius 3 is 3.00 bits per heavy atom. The zero-order chi connectivity index (χ0) is 15.5. The molecule has 3 heterocycles. The predicted octanol–water partition coefficient (Wildman–Crippen LogP) is 4.19. The third-order valence-corrected chi connectivity index (χ3v) is 6.67. The highest BCUT2D eigenvalue weighted by atomic mass is 32.1. The topological polar surface area (TPSA) is 43.1 Å². The van der Waals surface area contributed by atoms with E-state index in [1.54, 1.807) is 6.33 Å². The molecule has 116 valence electrons. The van der Waals surface area contributed by atoms with Crippen LogP contribution in [0.3, 0.4) is 0 Å². The fraction of sp³-hybridized carbons (Fsp3) is 0.588. The van der Waals surface area contributed by atoms with Crippen molar-refractivity contribution in [3.63, 3.8) is 0 Å². The molecule has 1 unspecified atom stereocenters. The van der Waals surface area contributed by atoms with Crippen molar-refractivity contribution in [3.05, 3.63) is 22.6 Å². The van der Waals surface area contributed by atoms with Crippen LogP contribution in [0.2, 0.25) is 0 Å². The average Bonchev–Trinajstić information content (AvgIpc) is 3.05. The summed E-state index contributed by atoms with van der Waals surface area (Å²) in [4.78, 5) is 11.9. The summed E-state index contributed by atoms with van der Waals surface area (Å²) in [5, 5.41) is 5.65. The van der Waals surface area contributed by atoms with Gasteiger partial charge >= 0.3 is 0 Å². The zero-order valence-corrected chi connectivity index (χ0v) is 14.5. The van der Waals surface area contributed by atoms with Gasteiger partial charge < -0.3 is 0 Å². The summed E-state index contributed by atoms with van der Waals surface area (Å²) in [5.74, 6) is 1.59. The number of hydrogen-bond acceptors (Lipinski definition) is 4. The SMILES string of the molecule is CCC(C)(C)C1CCc2c(sc3ncn4nc(C)nc4c23)C1. The molecule has 0 bridgehead atoms. The summed E-state index contributed by atoms with van der Waals surface area (Å²) in [6, 6.07) is 0.